The fourth-order valence-corrected chi connectivity index (χ4v) is 5.70. The molecule has 2 fully saturated rings. The molecule has 0 aliphatic heterocycles. The average Bonchev–Trinajstić information content (AvgIpc) is 2.83. The quantitative estimate of drug-likeness (QED) is 0.825. The maximum absolute atomic E-state index is 10.4. The van der Waals surface area contributed by atoms with E-state index in [1.165, 1.54) is 30.4 Å². The minimum Gasteiger partial charge on any atom is -0.468 e. The highest BCUT2D eigenvalue weighted by molar-refractivity contribution is 5.40. The largest absolute Gasteiger partial charge is 0.468 e. The molecule has 0 bridgehead atoms. The van der Waals surface area contributed by atoms with Crippen LogP contribution in [-0.4, -0.2) is 23.1 Å². The van der Waals surface area contributed by atoms with Crippen molar-refractivity contribution < 1.29 is 14.9 Å². The summed E-state index contributed by atoms with van der Waals surface area (Å²) in [5.74, 6) is 2.84. The summed E-state index contributed by atoms with van der Waals surface area (Å²) in [4.78, 5) is 0. The average molecular weight is 302 g/mol. The minimum absolute atomic E-state index is 0.0971. The fraction of sp³-hybridized carbons (Fsp3) is 0.684. The van der Waals surface area contributed by atoms with Crippen molar-refractivity contribution in [3.63, 3.8) is 0 Å². The monoisotopic (exact) mass is 302 g/mol. The highest BCUT2D eigenvalue weighted by Crippen LogP contribution is 2.60. The van der Waals surface area contributed by atoms with Crippen LogP contribution < -0.4 is 4.74 Å². The van der Waals surface area contributed by atoms with E-state index in [4.69, 9.17) is 9.84 Å². The molecule has 0 heterocycles. The third-order valence-corrected chi connectivity index (χ3v) is 6.88. The fourth-order valence-electron chi connectivity index (χ4n) is 5.70. The molecule has 0 aromatic heterocycles. The molecule has 120 valence electrons. The number of fused-ring (bicyclic) bond motifs is 5. The summed E-state index contributed by atoms with van der Waals surface area (Å²) in [6.45, 7) is 2.06. The second kappa shape index (κ2) is 5.24. The van der Waals surface area contributed by atoms with Crippen molar-refractivity contribution in [2.75, 3.05) is 6.79 Å². The van der Waals surface area contributed by atoms with Crippen molar-refractivity contribution in [1.29, 1.82) is 0 Å². The van der Waals surface area contributed by atoms with E-state index < -0.39 is 0 Å². The van der Waals surface area contributed by atoms with Gasteiger partial charge in [-0.05, 0) is 85.0 Å². The van der Waals surface area contributed by atoms with Crippen molar-refractivity contribution in [2.45, 2.75) is 57.5 Å². The van der Waals surface area contributed by atoms with Crippen molar-refractivity contribution >= 4 is 0 Å². The van der Waals surface area contributed by atoms with Crippen LogP contribution in [-0.2, 0) is 6.42 Å². The molecule has 22 heavy (non-hydrogen) atoms. The van der Waals surface area contributed by atoms with Gasteiger partial charge < -0.3 is 14.9 Å². The van der Waals surface area contributed by atoms with Crippen LogP contribution in [0.15, 0.2) is 18.2 Å². The van der Waals surface area contributed by atoms with E-state index in [0.717, 1.165) is 30.9 Å². The van der Waals surface area contributed by atoms with Gasteiger partial charge in [0.2, 0.25) is 0 Å². The van der Waals surface area contributed by atoms with Crippen LogP contribution in [0.3, 0.4) is 0 Å². The predicted molar refractivity (Wildman–Crippen MR) is 84.8 cm³/mol. The van der Waals surface area contributed by atoms with Crippen molar-refractivity contribution in [1.82, 2.24) is 0 Å². The van der Waals surface area contributed by atoms with Gasteiger partial charge in [0, 0.05) is 0 Å². The van der Waals surface area contributed by atoms with Gasteiger partial charge in [0.05, 0.1) is 6.10 Å². The van der Waals surface area contributed by atoms with E-state index in [-0.39, 0.29) is 18.3 Å². The Kier molecular flexibility index (Phi) is 3.46. The van der Waals surface area contributed by atoms with Gasteiger partial charge in [-0.3, -0.25) is 0 Å². The zero-order valence-corrected chi connectivity index (χ0v) is 13.3. The number of hydrogen-bond donors (Lipinski definition) is 2. The summed E-state index contributed by atoms with van der Waals surface area (Å²) >= 11 is 0. The van der Waals surface area contributed by atoms with Crippen molar-refractivity contribution in [2.24, 2.45) is 17.3 Å². The molecule has 5 atom stereocenters. The minimum atomic E-state index is -0.261. The zero-order valence-electron chi connectivity index (χ0n) is 13.3. The van der Waals surface area contributed by atoms with Crippen LogP contribution in [0.5, 0.6) is 5.75 Å². The molecule has 0 amide bonds. The molecular weight excluding hydrogens is 276 g/mol. The Hall–Kier alpha value is -1.06. The second-order valence-electron chi connectivity index (χ2n) is 7.69. The highest BCUT2D eigenvalue weighted by atomic mass is 16.6. The predicted octanol–water partition coefficient (Wildman–Crippen LogP) is 3.23. The van der Waals surface area contributed by atoms with E-state index in [1.54, 1.807) is 0 Å². The molecule has 0 spiro atoms. The molecular formula is C19H26O3. The number of ether oxygens (including phenoxy) is 1. The van der Waals surface area contributed by atoms with Gasteiger partial charge in [0.25, 0.3) is 0 Å². The first-order valence-corrected chi connectivity index (χ1v) is 8.68. The molecule has 0 saturated heterocycles. The summed E-state index contributed by atoms with van der Waals surface area (Å²) in [6, 6.07) is 6.32. The molecule has 3 aliphatic rings. The summed E-state index contributed by atoms with van der Waals surface area (Å²) in [5, 5.41) is 19.3. The lowest BCUT2D eigenvalue weighted by atomic mass is 9.55. The van der Waals surface area contributed by atoms with E-state index in [0.29, 0.717) is 11.8 Å². The normalized spacial score (nSPS) is 39.8. The van der Waals surface area contributed by atoms with Crippen molar-refractivity contribution in [3.8, 4) is 5.75 Å². The topological polar surface area (TPSA) is 49.7 Å². The van der Waals surface area contributed by atoms with Crippen LogP contribution >= 0.6 is 0 Å². The Bertz CT molecular complexity index is 570. The molecule has 1 aromatic carbocycles. The lowest BCUT2D eigenvalue weighted by Crippen LogP contribution is -2.43. The Labute approximate surface area is 132 Å². The maximum Gasteiger partial charge on any atom is 0.186 e. The number of hydrogen-bond acceptors (Lipinski definition) is 3. The molecule has 2 N–H and O–H groups in total. The van der Waals surface area contributed by atoms with E-state index in [1.807, 2.05) is 6.07 Å². The zero-order chi connectivity index (χ0) is 15.3. The van der Waals surface area contributed by atoms with E-state index in [2.05, 4.69) is 19.1 Å². The number of rotatable bonds is 2. The van der Waals surface area contributed by atoms with Gasteiger partial charge >= 0.3 is 0 Å². The van der Waals surface area contributed by atoms with Gasteiger partial charge in [0.1, 0.15) is 5.75 Å². The van der Waals surface area contributed by atoms with Crippen LogP contribution in [0.2, 0.25) is 0 Å². The SMILES string of the molecule is C[C@]12CC[C@@H]3c4ccc(OCO)cc4CC[C@H]3[C@@H]1CC[C@H]2O. The van der Waals surface area contributed by atoms with Crippen LogP contribution in [0.1, 0.15) is 56.1 Å². The van der Waals surface area contributed by atoms with Gasteiger partial charge in [-0.15, -0.1) is 0 Å². The lowest BCUT2D eigenvalue weighted by Gasteiger charge is -2.50. The molecule has 1 aromatic rings. The summed E-state index contributed by atoms with van der Waals surface area (Å²) < 4.78 is 5.23. The Morgan fingerprint density at radius 2 is 2.09 bits per heavy atom. The Morgan fingerprint density at radius 1 is 1.23 bits per heavy atom. The molecule has 3 heteroatoms. The summed E-state index contributed by atoms with van der Waals surface area (Å²) in [6.07, 6.45) is 6.76. The molecule has 3 nitrogen and oxygen atoms in total. The molecule has 0 radical (unpaired) electrons. The smallest absolute Gasteiger partial charge is 0.186 e. The van der Waals surface area contributed by atoms with Gasteiger partial charge in [0.15, 0.2) is 6.79 Å². The summed E-state index contributed by atoms with van der Waals surface area (Å²) in [7, 11) is 0. The Morgan fingerprint density at radius 3 is 2.91 bits per heavy atom. The first kappa shape index (κ1) is 14.5. The third kappa shape index (κ3) is 2.02. The van der Waals surface area contributed by atoms with Crippen molar-refractivity contribution in [3.05, 3.63) is 29.3 Å². The Balaban J connectivity index is 1.64. The van der Waals surface area contributed by atoms with Gasteiger partial charge in [-0.25, -0.2) is 0 Å². The number of aliphatic hydroxyl groups excluding tert-OH is 2. The van der Waals surface area contributed by atoms with E-state index in [9.17, 15) is 5.11 Å². The molecule has 0 unspecified atom stereocenters. The number of aliphatic hydroxyl groups is 2. The standard InChI is InChI=1S/C19H26O3/c1-19-9-8-15-14-5-3-13(22-11-20)10-12(14)2-4-16(15)17(19)6-7-18(19)21/h3,5,10,15-18,20-21H,2,4,6-9,11H2,1H3/t15-,16-,17+,18-,19+/m1/s1. The lowest BCUT2D eigenvalue weighted by molar-refractivity contribution is -0.0226. The van der Waals surface area contributed by atoms with Crippen LogP contribution in [0.4, 0.5) is 0 Å². The first-order valence-electron chi connectivity index (χ1n) is 8.68. The number of aryl methyl sites for hydroxylation is 1. The molecule has 4 rings (SSSR count). The second-order valence-corrected chi connectivity index (χ2v) is 7.69. The molecule has 3 aliphatic carbocycles. The van der Waals surface area contributed by atoms with E-state index >= 15 is 0 Å². The van der Waals surface area contributed by atoms with Gasteiger partial charge in [-0.1, -0.05) is 13.0 Å². The maximum atomic E-state index is 10.4. The first-order chi connectivity index (χ1) is 10.6. The molecule has 2 saturated carbocycles. The third-order valence-electron chi connectivity index (χ3n) is 6.88. The summed E-state index contributed by atoms with van der Waals surface area (Å²) in [5.41, 5.74) is 3.04. The van der Waals surface area contributed by atoms with Gasteiger partial charge in [-0.2, -0.15) is 0 Å². The highest BCUT2D eigenvalue weighted by Gasteiger charge is 2.54. The number of benzene rings is 1. The van der Waals surface area contributed by atoms with Crippen LogP contribution in [0.25, 0.3) is 0 Å². The van der Waals surface area contributed by atoms with Crippen LogP contribution in [0, 0.1) is 17.3 Å².